The minimum absolute atomic E-state index is 0.0655. The number of nitrogens with zero attached hydrogens (tertiary/aromatic N) is 3. The molecule has 0 aliphatic carbocycles. The number of carbonyl (C=O) groups excluding carboxylic acids is 1. The lowest BCUT2D eigenvalue weighted by molar-refractivity contribution is 0.0707. The smallest absolute Gasteiger partial charge is 0.255 e. The quantitative estimate of drug-likeness (QED) is 0.785. The van der Waals surface area contributed by atoms with Crippen LogP contribution in [-0.2, 0) is 6.54 Å². The second-order valence-corrected chi connectivity index (χ2v) is 5.95. The molecule has 0 radical (unpaired) electrons. The molecule has 2 aromatic heterocycles. The molecule has 3 rings (SSSR count). The monoisotopic (exact) mass is 323 g/mol. The second-order valence-electron chi connectivity index (χ2n) is 5.95. The Morgan fingerprint density at radius 3 is 2.62 bits per heavy atom. The largest absolute Gasteiger partial charge is 0.395 e. The number of amides is 1. The van der Waals surface area contributed by atoms with Crippen molar-refractivity contribution < 1.29 is 9.90 Å². The van der Waals surface area contributed by atoms with Crippen LogP contribution in [-0.4, -0.2) is 38.4 Å². The summed E-state index contributed by atoms with van der Waals surface area (Å²) in [6, 6.07) is 11.8. The number of aromatic nitrogens is 2. The fraction of sp³-hybridized carbons (Fsp3) is 0.263. The van der Waals surface area contributed by atoms with Crippen LogP contribution >= 0.6 is 0 Å². The van der Waals surface area contributed by atoms with Crippen LogP contribution in [0, 0.1) is 13.8 Å². The van der Waals surface area contributed by atoms with Gasteiger partial charge in [-0.25, -0.2) is 4.98 Å². The molecule has 0 aliphatic heterocycles. The summed E-state index contributed by atoms with van der Waals surface area (Å²) in [6.45, 7) is 4.64. The predicted octanol–water partition coefficient (Wildman–Crippen LogP) is 2.59. The molecule has 0 saturated heterocycles. The van der Waals surface area contributed by atoms with Crippen LogP contribution in [0.3, 0.4) is 0 Å². The number of pyridine rings is 1. The molecule has 1 N–H and O–H groups in total. The highest BCUT2D eigenvalue weighted by Crippen LogP contribution is 2.14. The highest BCUT2D eigenvalue weighted by molar-refractivity contribution is 5.94. The molecule has 0 saturated carbocycles. The van der Waals surface area contributed by atoms with Crippen molar-refractivity contribution in [3.05, 3.63) is 71.3 Å². The molecule has 3 aromatic rings. The molecule has 0 aliphatic rings. The molecule has 5 heteroatoms. The van der Waals surface area contributed by atoms with E-state index in [1.54, 1.807) is 23.4 Å². The first-order valence-electron chi connectivity index (χ1n) is 7.98. The van der Waals surface area contributed by atoms with Crippen LogP contribution in [0.1, 0.15) is 27.3 Å². The number of aliphatic hydroxyl groups is 1. The van der Waals surface area contributed by atoms with Crippen molar-refractivity contribution in [3.8, 4) is 0 Å². The average molecular weight is 323 g/mol. The Hall–Kier alpha value is -2.66. The molecular weight excluding hydrogens is 302 g/mol. The van der Waals surface area contributed by atoms with Gasteiger partial charge in [-0.3, -0.25) is 4.79 Å². The third-order valence-corrected chi connectivity index (χ3v) is 4.11. The van der Waals surface area contributed by atoms with Crippen LogP contribution < -0.4 is 0 Å². The van der Waals surface area contributed by atoms with E-state index in [1.807, 2.05) is 48.6 Å². The van der Waals surface area contributed by atoms with E-state index in [4.69, 9.17) is 0 Å². The number of carbonyl (C=O) groups is 1. The molecule has 0 atom stereocenters. The molecule has 2 heterocycles. The van der Waals surface area contributed by atoms with Crippen LogP contribution in [0.15, 0.2) is 48.8 Å². The standard InChI is InChI=1S/C19H21N3O2/c1-14-3-5-16(6-4-14)12-21(9-10-23)19(24)17-7-8-18-11-20-15(2)22(18)13-17/h3-8,11,13,23H,9-10,12H2,1-2H3. The van der Waals surface area contributed by atoms with Gasteiger partial charge in [-0.15, -0.1) is 0 Å². The number of fused-ring (bicyclic) bond motifs is 1. The Labute approximate surface area is 141 Å². The Morgan fingerprint density at radius 2 is 1.92 bits per heavy atom. The van der Waals surface area contributed by atoms with Gasteiger partial charge in [0.25, 0.3) is 5.91 Å². The molecule has 24 heavy (non-hydrogen) atoms. The highest BCUT2D eigenvalue weighted by Gasteiger charge is 2.16. The van der Waals surface area contributed by atoms with E-state index in [2.05, 4.69) is 4.98 Å². The maximum Gasteiger partial charge on any atom is 0.255 e. The average Bonchev–Trinajstić information content (AvgIpc) is 2.96. The van der Waals surface area contributed by atoms with Gasteiger partial charge >= 0.3 is 0 Å². The number of rotatable bonds is 5. The zero-order chi connectivity index (χ0) is 17.1. The fourth-order valence-electron chi connectivity index (χ4n) is 2.72. The predicted molar refractivity (Wildman–Crippen MR) is 92.9 cm³/mol. The zero-order valence-electron chi connectivity index (χ0n) is 13.9. The molecule has 1 aromatic carbocycles. The number of imidazole rings is 1. The van der Waals surface area contributed by atoms with Crippen molar-refractivity contribution in [1.82, 2.24) is 14.3 Å². The van der Waals surface area contributed by atoms with Crippen LogP contribution in [0.25, 0.3) is 5.52 Å². The summed E-state index contributed by atoms with van der Waals surface area (Å²) in [6.07, 6.45) is 3.58. The van der Waals surface area contributed by atoms with Gasteiger partial charge < -0.3 is 14.4 Å². The maximum absolute atomic E-state index is 12.9. The minimum atomic E-state index is -0.0976. The van der Waals surface area contributed by atoms with E-state index in [9.17, 15) is 9.90 Å². The van der Waals surface area contributed by atoms with Crippen molar-refractivity contribution in [2.45, 2.75) is 20.4 Å². The molecule has 0 bridgehead atoms. The lowest BCUT2D eigenvalue weighted by Crippen LogP contribution is -2.33. The highest BCUT2D eigenvalue weighted by atomic mass is 16.3. The Morgan fingerprint density at radius 1 is 1.17 bits per heavy atom. The third-order valence-electron chi connectivity index (χ3n) is 4.11. The first-order valence-corrected chi connectivity index (χ1v) is 7.98. The summed E-state index contributed by atoms with van der Waals surface area (Å²) < 4.78 is 1.90. The Kier molecular flexibility index (Phi) is 4.62. The second kappa shape index (κ2) is 6.84. The van der Waals surface area contributed by atoms with Crippen molar-refractivity contribution in [2.75, 3.05) is 13.2 Å². The van der Waals surface area contributed by atoms with E-state index < -0.39 is 0 Å². The molecular formula is C19H21N3O2. The van der Waals surface area contributed by atoms with Gasteiger partial charge in [0.2, 0.25) is 0 Å². The number of benzene rings is 1. The van der Waals surface area contributed by atoms with Gasteiger partial charge in [-0.05, 0) is 31.5 Å². The molecule has 0 unspecified atom stereocenters. The third kappa shape index (κ3) is 3.31. The van der Waals surface area contributed by atoms with Gasteiger partial charge in [0.1, 0.15) is 5.82 Å². The van der Waals surface area contributed by atoms with Gasteiger partial charge in [-0.2, -0.15) is 0 Å². The summed E-state index contributed by atoms with van der Waals surface area (Å²) >= 11 is 0. The fourth-order valence-corrected chi connectivity index (χ4v) is 2.72. The van der Waals surface area contributed by atoms with Gasteiger partial charge in [0.05, 0.1) is 23.9 Å². The number of aliphatic hydroxyl groups excluding tert-OH is 1. The van der Waals surface area contributed by atoms with Crippen molar-refractivity contribution in [2.24, 2.45) is 0 Å². The molecule has 124 valence electrons. The number of hydrogen-bond donors (Lipinski definition) is 1. The van der Waals surface area contributed by atoms with Crippen LogP contribution in [0.4, 0.5) is 0 Å². The van der Waals surface area contributed by atoms with Crippen LogP contribution in [0.5, 0.6) is 0 Å². The van der Waals surface area contributed by atoms with E-state index in [1.165, 1.54) is 5.56 Å². The normalized spacial score (nSPS) is 11.0. The van der Waals surface area contributed by atoms with Crippen molar-refractivity contribution in [3.63, 3.8) is 0 Å². The van der Waals surface area contributed by atoms with E-state index >= 15 is 0 Å². The first-order chi connectivity index (χ1) is 11.6. The van der Waals surface area contributed by atoms with Gasteiger partial charge in [-0.1, -0.05) is 29.8 Å². The summed E-state index contributed by atoms with van der Waals surface area (Å²) in [5, 5.41) is 9.33. The topological polar surface area (TPSA) is 57.8 Å². The SMILES string of the molecule is Cc1ccc(CN(CCO)C(=O)c2ccc3cnc(C)n3c2)cc1. The molecule has 0 spiro atoms. The van der Waals surface area contributed by atoms with Crippen molar-refractivity contribution in [1.29, 1.82) is 0 Å². The summed E-state index contributed by atoms with van der Waals surface area (Å²) in [5.74, 6) is 0.742. The zero-order valence-corrected chi connectivity index (χ0v) is 13.9. The van der Waals surface area contributed by atoms with Gasteiger partial charge in [0, 0.05) is 19.3 Å². The minimum Gasteiger partial charge on any atom is -0.395 e. The van der Waals surface area contributed by atoms with E-state index in [0.717, 1.165) is 16.9 Å². The van der Waals surface area contributed by atoms with Gasteiger partial charge in [0.15, 0.2) is 0 Å². The number of hydrogen-bond acceptors (Lipinski definition) is 3. The Bertz CT molecular complexity index is 853. The first kappa shape index (κ1) is 16.2. The van der Waals surface area contributed by atoms with Crippen LogP contribution in [0.2, 0.25) is 0 Å². The lowest BCUT2D eigenvalue weighted by Gasteiger charge is -2.22. The molecule has 1 amide bonds. The molecule has 5 nitrogen and oxygen atoms in total. The van der Waals surface area contributed by atoms with E-state index in [-0.39, 0.29) is 12.5 Å². The summed E-state index contributed by atoms with van der Waals surface area (Å²) in [5.41, 5.74) is 3.77. The van der Waals surface area contributed by atoms with E-state index in [0.29, 0.717) is 18.7 Å². The summed E-state index contributed by atoms with van der Waals surface area (Å²) in [7, 11) is 0. The van der Waals surface area contributed by atoms with Crippen molar-refractivity contribution >= 4 is 11.4 Å². The molecule has 0 fully saturated rings. The lowest BCUT2D eigenvalue weighted by atomic mass is 10.1. The maximum atomic E-state index is 12.9. The summed E-state index contributed by atoms with van der Waals surface area (Å²) in [4.78, 5) is 18.8. The number of aryl methyl sites for hydroxylation is 2. The Balaban J connectivity index is 1.87.